The van der Waals surface area contributed by atoms with E-state index in [2.05, 4.69) is 6.08 Å². The molecule has 0 unspecified atom stereocenters. The third-order valence-corrected chi connectivity index (χ3v) is 1.08. The molecule has 6 heavy (non-hydrogen) atoms. The van der Waals surface area contributed by atoms with Gasteiger partial charge < -0.3 is 5.11 Å². The van der Waals surface area contributed by atoms with Gasteiger partial charge in [-0.05, 0) is 6.42 Å². The Bertz CT molecular complexity index is 66.3. The molecule has 0 spiro atoms. The van der Waals surface area contributed by atoms with Crippen LogP contribution in [0.15, 0.2) is 12.2 Å². The van der Waals surface area contributed by atoms with Gasteiger partial charge in [0.05, 0.1) is 0 Å². The van der Waals surface area contributed by atoms with Crippen molar-refractivity contribution in [2.75, 3.05) is 6.61 Å². The molecule has 0 aromatic carbocycles. The summed E-state index contributed by atoms with van der Waals surface area (Å²) >= 11 is 0. The van der Waals surface area contributed by atoms with Gasteiger partial charge in [-0.3, -0.25) is 0 Å². The Morgan fingerprint density at radius 1 is 1.83 bits per heavy atom. The fraction of sp³-hybridized carbons (Fsp3) is 0.600. The highest BCUT2D eigenvalue weighted by Gasteiger charge is 2.05. The van der Waals surface area contributed by atoms with Gasteiger partial charge in [-0.2, -0.15) is 0 Å². The molecule has 1 heteroatoms. The molecule has 1 atom stereocenters. The van der Waals surface area contributed by atoms with Gasteiger partial charge >= 0.3 is 0 Å². The van der Waals surface area contributed by atoms with Crippen LogP contribution in [0.25, 0.3) is 0 Å². The largest absolute Gasteiger partial charge is 0.396 e. The fourth-order valence-corrected chi connectivity index (χ4v) is 0.464. The van der Waals surface area contributed by atoms with Crippen molar-refractivity contribution in [3.05, 3.63) is 12.2 Å². The van der Waals surface area contributed by atoms with Gasteiger partial charge in [-0.1, -0.05) is 12.2 Å². The summed E-state index contributed by atoms with van der Waals surface area (Å²) in [6.07, 6.45) is 5.18. The molecule has 1 N–H and O–H groups in total. The summed E-state index contributed by atoms with van der Waals surface area (Å²) in [5, 5.41) is 8.33. The van der Waals surface area contributed by atoms with Crippen LogP contribution in [-0.2, 0) is 0 Å². The molecule has 0 bridgehead atoms. The predicted molar refractivity (Wildman–Crippen MR) is 24.3 cm³/mol. The quantitative estimate of drug-likeness (QED) is 0.460. The number of hydrogen-bond acceptors (Lipinski definition) is 1. The standard InChI is InChI=1S/C5H8O/c6-4-5-2-1-3-5/h1-2,5-6H,3-4H2/t5-/m1/s1. The molecule has 1 rings (SSSR count). The van der Waals surface area contributed by atoms with Gasteiger partial charge in [0.25, 0.3) is 0 Å². The van der Waals surface area contributed by atoms with Crippen molar-refractivity contribution in [1.29, 1.82) is 0 Å². The van der Waals surface area contributed by atoms with E-state index >= 15 is 0 Å². The van der Waals surface area contributed by atoms with E-state index in [1.807, 2.05) is 6.08 Å². The molecule has 34 valence electrons. The van der Waals surface area contributed by atoms with Gasteiger partial charge in [0.1, 0.15) is 0 Å². The highest BCUT2D eigenvalue weighted by molar-refractivity contribution is 5.01. The first-order chi connectivity index (χ1) is 2.93. The zero-order valence-corrected chi connectivity index (χ0v) is 3.59. The maximum absolute atomic E-state index is 8.33. The predicted octanol–water partition coefficient (Wildman–Crippen LogP) is 0.555. The monoisotopic (exact) mass is 84.1 g/mol. The Morgan fingerprint density at radius 3 is 2.50 bits per heavy atom. The van der Waals surface area contributed by atoms with E-state index in [1.165, 1.54) is 0 Å². The van der Waals surface area contributed by atoms with Gasteiger partial charge in [0, 0.05) is 12.5 Å². The number of aliphatic hydroxyl groups is 1. The SMILES string of the molecule is OC[C@@H]1C=CC1. The smallest absolute Gasteiger partial charge is 0.0496 e. The van der Waals surface area contributed by atoms with Crippen molar-refractivity contribution < 1.29 is 5.11 Å². The first-order valence-corrected chi connectivity index (χ1v) is 2.21. The van der Waals surface area contributed by atoms with Crippen molar-refractivity contribution in [3.8, 4) is 0 Å². The second kappa shape index (κ2) is 1.43. The molecule has 0 amide bonds. The lowest BCUT2D eigenvalue weighted by Gasteiger charge is -2.12. The maximum atomic E-state index is 8.33. The molecule has 0 radical (unpaired) electrons. The summed E-state index contributed by atoms with van der Waals surface area (Å²) < 4.78 is 0. The van der Waals surface area contributed by atoms with Crippen molar-refractivity contribution in [2.45, 2.75) is 6.42 Å². The summed E-state index contributed by atoms with van der Waals surface area (Å²) in [7, 11) is 0. The topological polar surface area (TPSA) is 20.2 Å². The molecular formula is C5H8O. The van der Waals surface area contributed by atoms with E-state index < -0.39 is 0 Å². The van der Waals surface area contributed by atoms with E-state index in [4.69, 9.17) is 5.11 Å². The van der Waals surface area contributed by atoms with Gasteiger partial charge in [0.2, 0.25) is 0 Å². The van der Waals surface area contributed by atoms with E-state index in [-0.39, 0.29) is 0 Å². The highest BCUT2D eigenvalue weighted by Crippen LogP contribution is 2.14. The first-order valence-electron chi connectivity index (χ1n) is 2.21. The molecule has 1 aliphatic rings. The van der Waals surface area contributed by atoms with Gasteiger partial charge in [-0.15, -0.1) is 0 Å². The Hall–Kier alpha value is -0.300. The average Bonchev–Trinajstić information content (AvgIpc) is 1.31. The Balaban J connectivity index is 2.21. The van der Waals surface area contributed by atoms with Gasteiger partial charge in [-0.25, -0.2) is 0 Å². The first kappa shape index (κ1) is 3.88. The molecule has 0 saturated carbocycles. The van der Waals surface area contributed by atoms with Crippen molar-refractivity contribution >= 4 is 0 Å². The molecule has 1 aliphatic carbocycles. The van der Waals surface area contributed by atoms with Crippen LogP contribution in [0.3, 0.4) is 0 Å². The minimum absolute atomic E-state index is 0.330. The highest BCUT2D eigenvalue weighted by atomic mass is 16.3. The minimum Gasteiger partial charge on any atom is -0.396 e. The molecule has 0 fully saturated rings. The van der Waals surface area contributed by atoms with E-state index in [0.29, 0.717) is 12.5 Å². The second-order valence-corrected chi connectivity index (χ2v) is 1.61. The Morgan fingerprint density at radius 2 is 2.50 bits per heavy atom. The van der Waals surface area contributed by atoms with Crippen molar-refractivity contribution in [1.82, 2.24) is 0 Å². The van der Waals surface area contributed by atoms with Crippen LogP contribution in [0.4, 0.5) is 0 Å². The number of rotatable bonds is 1. The molecular weight excluding hydrogens is 76.1 g/mol. The lowest BCUT2D eigenvalue weighted by molar-refractivity contribution is 0.245. The fourth-order valence-electron chi connectivity index (χ4n) is 0.464. The summed E-state index contributed by atoms with van der Waals surface area (Å²) in [5.41, 5.74) is 0. The summed E-state index contributed by atoms with van der Waals surface area (Å²) in [6, 6.07) is 0. The lowest BCUT2D eigenvalue weighted by atomic mass is 9.97. The third kappa shape index (κ3) is 0.455. The van der Waals surface area contributed by atoms with Crippen LogP contribution < -0.4 is 0 Å². The van der Waals surface area contributed by atoms with Crippen LogP contribution in [-0.4, -0.2) is 11.7 Å². The Kier molecular flexibility index (Phi) is 0.926. The normalized spacial score (nSPS) is 29.8. The minimum atomic E-state index is 0.330. The zero-order valence-electron chi connectivity index (χ0n) is 3.59. The number of hydrogen-bond donors (Lipinski definition) is 1. The number of aliphatic hydroxyl groups excluding tert-OH is 1. The van der Waals surface area contributed by atoms with Crippen LogP contribution >= 0.6 is 0 Å². The van der Waals surface area contributed by atoms with Crippen molar-refractivity contribution in [2.24, 2.45) is 5.92 Å². The molecule has 0 aliphatic heterocycles. The molecule has 0 saturated heterocycles. The van der Waals surface area contributed by atoms with E-state index in [1.54, 1.807) is 0 Å². The summed E-state index contributed by atoms with van der Waals surface area (Å²) in [6.45, 7) is 0.330. The Labute approximate surface area is 37.3 Å². The molecule has 0 aromatic heterocycles. The van der Waals surface area contributed by atoms with Crippen LogP contribution in [0.5, 0.6) is 0 Å². The lowest BCUT2D eigenvalue weighted by Crippen LogP contribution is -2.06. The number of allylic oxidation sites excluding steroid dienone is 1. The summed E-state index contributed by atoms with van der Waals surface area (Å²) in [5.74, 6) is 0.491. The average molecular weight is 84.1 g/mol. The van der Waals surface area contributed by atoms with E-state index in [0.717, 1.165) is 6.42 Å². The third-order valence-electron chi connectivity index (χ3n) is 1.08. The van der Waals surface area contributed by atoms with Crippen LogP contribution in [0.2, 0.25) is 0 Å². The van der Waals surface area contributed by atoms with Gasteiger partial charge in [0.15, 0.2) is 0 Å². The molecule has 0 aromatic rings. The zero-order chi connectivity index (χ0) is 4.41. The molecule has 1 nitrogen and oxygen atoms in total. The maximum Gasteiger partial charge on any atom is 0.0496 e. The second-order valence-electron chi connectivity index (χ2n) is 1.61. The van der Waals surface area contributed by atoms with Crippen molar-refractivity contribution in [3.63, 3.8) is 0 Å². The molecule has 0 heterocycles. The van der Waals surface area contributed by atoms with Crippen LogP contribution in [0, 0.1) is 5.92 Å². The van der Waals surface area contributed by atoms with Crippen LogP contribution in [0.1, 0.15) is 6.42 Å². The summed E-state index contributed by atoms with van der Waals surface area (Å²) in [4.78, 5) is 0. The van der Waals surface area contributed by atoms with E-state index in [9.17, 15) is 0 Å².